The molecule has 1 aliphatic heterocycles. The summed E-state index contributed by atoms with van der Waals surface area (Å²) in [6, 6.07) is 14.2. The van der Waals surface area contributed by atoms with Crippen molar-refractivity contribution >= 4 is 11.6 Å². The van der Waals surface area contributed by atoms with Gasteiger partial charge in [0.1, 0.15) is 11.5 Å². The van der Waals surface area contributed by atoms with Crippen LogP contribution in [-0.2, 0) is 11.3 Å². The van der Waals surface area contributed by atoms with Crippen LogP contribution in [0, 0.1) is 0 Å². The lowest BCUT2D eigenvalue weighted by molar-refractivity contribution is 0.0945. The predicted octanol–water partition coefficient (Wildman–Crippen LogP) is 2.08. The second kappa shape index (κ2) is 9.17. The largest absolute Gasteiger partial charge is 0.378 e. The van der Waals surface area contributed by atoms with E-state index in [1.54, 1.807) is 59.7 Å². The van der Waals surface area contributed by atoms with Gasteiger partial charge in [-0.1, -0.05) is 18.2 Å². The third kappa shape index (κ3) is 4.31. The average Bonchev–Trinajstić information content (AvgIpc) is 3.32. The minimum atomic E-state index is -0.259. The van der Waals surface area contributed by atoms with E-state index in [-0.39, 0.29) is 18.0 Å². The van der Waals surface area contributed by atoms with Crippen LogP contribution in [0.25, 0.3) is 11.3 Å². The highest BCUT2D eigenvalue weighted by molar-refractivity contribution is 5.96. The Balaban J connectivity index is 1.58. The first-order valence-electron chi connectivity index (χ1n) is 10.7. The maximum atomic E-state index is 13.4. The number of pyridine rings is 1. The average molecular weight is 442 g/mol. The van der Waals surface area contributed by atoms with Crippen LogP contribution in [0.1, 0.15) is 16.2 Å². The molecule has 0 saturated carbocycles. The van der Waals surface area contributed by atoms with Gasteiger partial charge in [-0.05, 0) is 30.3 Å². The van der Waals surface area contributed by atoms with E-state index in [4.69, 9.17) is 4.74 Å². The number of carbonyl (C=O) groups is 1. The van der Waals surface area contributed by atoms with E-state index < -0.39 is 0 Å². The molecule has 1 aromatic carbocycles. The standard InChI is InChI=1S/C24H22N6O3/c31-23(18-6-2-1-3-7-18)30-16-20(28-12-14-33-15-13-28)22(27-30)19-8-4-11-29(24(19)32)17-21-25-9-5-10-26-21/h1-11,16H,12-15,17H2. The first kappa shape index (κ1) is 20.8. The zero-order valence-electron chi connectivity index (χ0n) is 17.9. The summed E-state index contributed by atoms with van der Waals surface area (Å²) in [5.41, 5.74) is 1.90. The lowest BCUT2D eigenvalue weighted by Gasteiger charge is -2.28. The van der Waals surface area contributed by atoms with E-state index in [1.165, 1.54) is 4.68 Å². The van der Waals surface area contributed by atoms with Crippen molar-refractivity contribution in [3.8, 4) is 11.3 Å². The zero-order chi connectivity index (χ0) is 22.6. The summed E-state index contributed by atoms with van der Waals surface area (Å²) in [6.07, 6.45) is 6.69. The number of morpholine rings is 1. The molecule has 9 nitrogen and oxygen atoms in total. The molecule has 1 aliphatic rings. The molecule has 0 spiro atoms. The summed E-state index contributed by atoms with van der Waals surface area (Å²) >= 11 is 0. The van der Waals surface area contributed by atoms with Gasteiger partial charge in [0, 0.05) is 37.2 Å². The first-order valence-corrected chi connectivity index (χ1v) is 10.7. The molecule has 9 heteroatoms. The number of rotatable bonds is 5. The molecule has 0 amide bonds. The second-order valence-electron chi connectivity index (χ2n) is 7.60. The van der Waals surface area contributed by atoms with Gasteiger partial charge in [0.2, 0.25) is 0 Å². The van der Waals surface area contributed by atoms with Crippen LogP contribution in [0.4, 0.5) is 5.69 Å². The molecular formula is C24H22N6O3. The van der Waals surface area contributed by atoms with Gasteiger partial charge < -0.3 is 14.2 Å². The van der Waals surface area contributed by atoms with Crippen molar-refractivity contribution in [2.75, 3.05) is 31.2 Å². The van der Waals surface area contributed by atoms with E-state index in [9.17, 15) is 9.59 Å². The van der Waals surface area contributed by atoms with Gasteiger partial charge in [-0.3, -0.25) is 9.59 Å². The van der Waals surface area contributed by atoms with Crippen molar-refractivity contribution in [2.24, 2.45) is 0 Å². The van der Waals surface area contributed by atoms with Crippen LogP contribution < -0.4 is 10.5 Å². The monoisotopic (exact) mass is 442 g/mol. The summed E-state index contributed by atoms with van der Waals surface area (Å²) in [4.78, 5) is 37.0. The Morgan fingerprint density at radius 2 is 1.73 bits per heavy atom. The van der Waals surface area contributed by atoms with Gasteiger partial charge in [-0.2, -0.15) is 5.10 Å². The van der Waals surface area contributed by atoms with Gasteiger partial charge in [-0.15, -0.1) is 0 Å². The maximum absolute atomic E-state index is 13.4. The molecule has 1 fully saturated rings. The van der Waals surface area contributed by atoms with Crippen LogP contribution in [-0.4, -0.2) is 56.5 Å². The predicted molar refractivity (Wildman–Crippen MR) is 122 cm³/mol. The molecule has 5 rings (SSSR count). The molecule has 0 N–H and O–H groups in total. The molecule has 3 aromatic heterocycles. The molecule has 166 valence electrons. The third-order valence-electron chi connectivity index (χ3n) is 5.48. The summed E-state index contributed by atoms with van der Waals surface area (Å²) in [7, 11) is 0. The number of nitrogens with zero attached hydrogens (tertiary/aromatic N) is 6. The van der Waals surface area contributed by atoms with Crippen molar-refractivity contribution in [1.29, 1.82) is 0 Å². The number of aromatic nitrogens is 5. The highest BCUT2D eigenvalue weighted by Crippen LogP contribution is 2.29. The fraction of sp³-hybridized carbons (Fsp3) is 0.208. The van der Waals surface area contributed by atoms with Crippen molar-refractivity contribution in [2.45, 2.75) is 6.54 Å². The number of ether oxygens (including phenoxy) is 1. The van der Waals surface area contributed by atoms with Crippen LogP contribution in [0.15, 0.2) is 78.1 Å². The number of hydrogen-bond acceptors (Lipinski definition) is 7. The number of benzene rings is 1. The molecule has 0 radical (unpaired) electrons. The topological polar surface area (TPSA) is 95.1 Å². The quantitative estimate of drug-likeness (QED) is 0.467. The van der Waals surface area contributed by atoms with Crippen molar-refractivity contribution < 1.29 is 9.53 Å². The number of carbonyl (C=O) groups excluding carboxylic acids is 1. The van der Waals surface area contributed by atoms with Crippen molar-refractivity contribution in [3.63, 3.8) is 0 Å². The Labute approximate surface area is 189 Å². The van der Waals surface area contributed by atoms with Gasteiger partial charge in [-0.25, -0.2) is 14.6 Å². The van der Waals surface area contributed by atoms with Crippen LogP contribution in [0.3, 0.4) is 0 Å². The lowest BCUT2D eigenvalue weighted by Crippen LogP contribution is -2.36. The summed E-state index contributed by atoms with van der Waals surface area (Å²) in [5, 5.41) is 4.58. The van der Waals surface area contributed by atoms with Gasteiger partial charge in [0.05, 0.1) is 37.2 Å². The highest BCUT2D eigenvalue weighted by Gasteiger charge is 2.24. The normalized spacial score (nSPS) is 13.8. The van der Waals surface area contributed by atoms with Gasteiger partial charge >= 0.3 is 0 Å². The molecular weight excluding hydrogens is 420 g/mol. The molecule has 4 aromatic rings. The van der Waals surface area contributed by atoms with E-state index in [0.717, 1.165) is 5.69 Å². The van der Waals surface area contributed by atoms with E-state index >= 15 is 0 Å². The maximum Gasteiger partial charge on any atom is 0.278 e. The van der Waals surface area contributed by atoms with Gasteiger partial charge in [0.25, 0.3) is 11.5 Å². The van der Waals surface area contributed by atoms with Crippen molar-refractivity contribution in [1.82, 2.24) is 24.3 Å². The second-order valence-corrected chi connectivity index (χ2v) is 7.60. The Morgan fingerprint density at radius 1 is 0.970 bits per heavy atom. The number of anilines is 1. The zero-order valence-corrected chi connectivity index (χ0v) is 17.9. The smallest absolute Gasteiger partial charge is 0.278 e. The lowest BCUT2D eigenvalue weighted by atomic mass is 10.1. The van der Waals surface area contributed by atoms with Crippen LogP contribution >= 0.6 is 0 Å². The minimum Gasteiger partial charge on any atom is -0.378 e. The molecule has 0 unspecified atom stereocenters. The molecule has 0 atom stereocenters. The Hall–Kier alpha value is -4.11. The molecule has 1 saturated heterocycles. The summed E-state index contributed by atoms with van der Waals surface area (Å²) in [5.74, 6) is 0.278. The minimum absolute atomic E-state index is 0.225. The van der Waals surface area contributed by atoms with Crippen molar-refractivity contribution in [3.05, 3.63) is 95.1 Å². The van der Waals surface area contributed by atoms with E-state index in [2.05, 4.69) is 20.0 Å². The Morgan fingerprint density at radius 3 is 2.48 bits per heavy atom. The first-order chi connectivity index (χ1) is 16.2. The highest BCUT2D eigenvalue weighted by atomic mass is 16.5. The van der Waals surface area contributed by atoms with Crippen LogP contribution in [0.2, 0.25) is 0 Å². The van der Waals surface area contributed by atoms with E-state index in [1.807, 2.05) is 18.2 Å². The molecule has 4 heterocycles. The number of hydrogen-bond donors (Lipinski definition) is 0. The Kier molecular flexibility index (Phi) is 5.77. The third-order valence-corrected chi connectivity index (χ3v) is 5.48. The summed E-state index contributed by atoms with van der Waals surface area (Å²) < 4.78 is 8.34. The van der Waals surface area contributed by atoms with E-state index in [0.29, 0.717) is 48.9 Å². The van der Waals surface area contributed by atoms with Gasteiger partial charge in [0.15, 0.2) is 0 Å². The fourth-order valence-corrected chi connectivity index (χ4v) is 3.81. The SMILES string of the molecule is O=C(c1ccccc1)n1cc(N2CCOCC2)c(-c2cccn(Cc3ncccn3)c2=O)n1. The fourth-order valence-electron chi connectivity index (χ4n) is 3.81. The van der Waals surface area contributed by atoms with Crippen LogP contribution in [0.5, 0.6) is 0 Å². The summed E-state index contributed by atoms with van der Waals surface area (Å²) in [6.45, 7) is 2.68. The molecule has 0 aliphatic carbocycles. The molecule has 0 bridgehead atoms. The Bertz CT molecular complexity index is 1310. The molecule has 33 heavy (non-hydrogen) atoms.